The third-order valence-electron chi connectivity index (χ3n) is 11.3. The Morgan fingerprint density at radius 1 is 0.448 bits per heavy atom. The molecule has 1 aliphatic heterocycles. The lowest BCUT2D eigenvalue weighted by Crippen LogP contribution is -2.22. The Hall–Kier alpha value is -6.56. The van der Waals surface area contributed by atoms with Crippen LogP contribution in [0.15, 0.2) is 207 Å². The van der Waals surface area contributed by atoms with Gasteiger partial charge in [0.1, 0.15) is 11.5 Å². The fourth-order valence-electron chi connectivity index (χ4n) is 8.64. The van der Waals surface area contributed by atoms with Gasteiger partial charge in [0.05, 0.1) is 5.30 Å². The van der Waals surface area contributed by atoms with Gasteiger partial charge in [0.25, 0.3) is 0 Å². The van der Waals surface area contributed by atoms with Crippen LogP contribution in [0.1, 0.15) is 5.56 Å². The number of benzene rings is 10. The molecule has 0 aromatic heterocycles. The summed E-state index contributed by atoms with van der Waals surface area (Å²) in [6, 6.07) is 72.3. The fourth-order valence-corrected chi connectivity index (χ4v) is 12.6. The van der Waals surface area contributed by atoms with Crippen molar-refractivity contribution in [3.63, 3.8) is 0 Å². The van der Waals surface area contributed by atoms with Crippen LogP contribution in [0.3, 0.4) is 0 Å². The molecule has 0 fully saturated rings. The molecule has 0 radical (unpaired) electrons. The van der Waals surface area contributed by atoms with Gasteiger partial charge in [-0.15, -0.1) is 0 Å². The van der Waals surface area contributed by atoms with Crippen LogP contribution in [0.4, 0.5) is 0 Å². The molecular weight excluding hydrogens is 743 g/mol. The molecule has 0 N–H and O–H groups in total. The number of rotatable bonds is 7. The van der Waals surface area contributed by atoms with E-state index >= 15 is 0 Å². The van der Waals surface area contributed by atoms with Crippen LogP contribution in [0.2, 0.25) is 0 Å². The normalized spacial score (nSPS) is 13.4. The average molecular weight is 779 g/mol. The van der Waals surface area contributed by atoms with Crippen LogP contribution in [0.5, 0.6) is 11.5 Å². The lowest BCUT2D eigenvalue weighted by molar-refractivity contribution is 0.502. The first-order valence-corrected chi connectivity index (χ1v) is 22.1. The Balaban J connectivity index is 1.19. The molecule has 0 saturated carbocycles. The van der Waals surface area contributed by atoms with Gasteiger partial charge in [-0.2, -0.15) is 0 Å². The number of hydrogen-bond donors (Lipinski definition) is 0. The molecule has 0 saturated heterocycles. The van der Waals surface area contributed by atoms with E-state index in [2.05, 4.69) is 207 Å². The predicted molar refractivity (Wildman–Crippen MR) is 250 cm³/mol. The van der Waals surface area contributed by atoms with Crippen LogP contribution < -0.4 is 30.3 Å². The van der Waals surface area contributed by atoms with Gasteiger partial charge in [0, 0.05) is 22.3 Å². The Morgan fingerprint density at radius 3 is 1.64 bits per heavy atom. The highest BCUT2D eigenvalue weighted by Crippen LogP contribution is 2.55. The smallest absolute Gasteiger partial charge is 0.326 e. The third kappa shape index (κ3) is 5.80. The molecule has 10 aromatic rings. The van der Waals surface area contributed by atoms with Crippen LogP contribution in [-0.2, 0) is 0 Å². The van der Waals surface area contributed by atoms with E-state index in [4.69, 9.17) is 9.05 Å². The molecule has 58 heavy (non-hydrogen) atoms. The highest BCUT2D eigenvalue weighted by Gasteiger charge is 2.34. The van der Waals surface area contributed by atoms with Crippen LogP contribution in [-0.4, -0.2) is 0 Å². The molecular formula is C54H36O2P2. The minimum atomic E-state index is -1.62. The summed E-state index contributed by atoms with van der Waals surface area (Å²) in [7, 11) is -2.59. The van der Waals surface area contributed by atoms with Gasteiger partial charge in [0.15, 0.2) is 0 Å². The van der Waals surface area contributed by atoms with E-state index in [1.165, 1.54) is 59.4 Å². The molecule has 11 rings (SSSR count). The third-order valence-corrected chi connectivity index (χ3v) is 15.2. The topological polar surface area (TPSA) is 18.5 Å². The average Bonchev–Trinajstić information content (AvgIpc) is 3.29. The zero-order valence-electron chi connectivity index (χ0n) is 31.5. The van der Waals surface area contributed by atoms with Gasteiger partial charge in [-0.1, -0.05) is 189 Å². The highest BCUT2D eigenvalue weighted by molar-refractivity contribution is 7.80. The molecule has 0 spiro atoms. The SMILES string of the molecule is C=Cc1ccc2c(-c3c(P(c4ccccc4)c4ccccc4)ccc4ccccc34)c(OP3Oc4ccc5ccccc5c4-c4c3ccc3ccccc43)ccc2c1. The summed E-state index contributed by atoms with van der Waals surface area (Å²) in [6.45, 7) is 4.10. The Labute approximate surface area is 340 Å². The molecule has 4 heteroatoms. The summed E-state index contributed by atoms with van der Waals surface area (Å²) in [6.07, 6.45) is 1.92. The number of fused-ring (bicyclic) bond motifs is 9. The second-order valence-corrected chi connectivity index (χ2v) is 18.1. The highest BCUT2D eigenvalue weighted by atomic mass is 31.2. The maximum Gasteiger partial charge on any atom is 0.326 e. The molecule has 1 unspecified atom stereocenters. The van der Waals surface area contributed by atoms with Crippen molar-refractivity contribution in [1.82, 2.24) is 0 Å². The van der Waals surface area contributed by atoms with E-state index in [-0.39, 0.29) is 0 Å². The van der Waals surface area contributed by atoms with E-state index in [0.29, 0.717) is 0 Å². The van der Waals surface area contributed by atoms with Crippen molar-refractivity contribution >= 4 is 86.7 Å². The summed E-state index contributed by atoms with van der Waals surface area (Å²) in [5.41, 5.74) is 5.63. The minimum Gasteiger partial charge on any atom is -0.435 e. The van der Waals surface area contributed by atoms with Crippen LogP contribution in [0.25, 0.3) is 71.4 Å². The van der Waals surface area contributed by atoms with E-state index in [1.807, 2.05) is 6.08 Å². The lowest BCUT2D eigenvalue weighted by atomic mass is 9.92. The molecule has 0 amide bonds. The van der Waals surface area contributed by atoms with Gasteiger partial charge in [-0.3, -0.25) is 0 Å². The van der Waals surface area contributed by atoms with E-state index < -0.39 is 16.3 Å². The monoisotopic (exact) mass is 778 g/mol. The van der Waals surface area contributed by atoms with Crippen molar-refractivity contribution < 1.29 is 9.05 Å². The zero-order chi connectivity index (χ0) is 38.6. The Morgan fingerprint density at radius 2 is 0.983 bits per heavy atom. The van der Waals surface area contributed by atoms with Gasteiger partial charge < -0.3 is 9.05 Å². The molecule has 0 aliphatic carbocycles. The molecule has 10 aromatic carbocycles. The summed E-state index contributed by atoms with van der Waals surface area (Å²) in [4.78, 5) is 0. The minimum absolute atomic E-state index is 0.794. The quantitative estimate of drug-likeness (QED) is 0.150. The summed E-state index contributed by atoms with van der Waals surface area (Å²) in [5, 5.41) is 14.3. The van der Waals surface area contributed by atoms with Crippen molar-refractivity contribution in [2.24, 2.45) is 0 Å². The second-order valence-electron chi connectivity index (χ2n) is 14.6. The summed E-state index contributed by atoms with van der Waals surface area (Å²) in [5.74, 6) is 1.64. The molecule has 0 bridgehead atoms. The number of hydrogen-bond acceptors (Lipinski definition) is 2. The zero-order valence-corrected chi connectivity index (χ0v) is 33.3. The fraction of sp³-hybridized carbons (Fsp3) is 0. The van der Waals surface area contributed by atoms with E-state index in [9.17, 15) is 0 Å². The molecule has 1 heterocycles. The summed E-state index contributed by atoms with van der Waals surface area (Å²) >= 11 is 0. The van der Waals surface area contributed by atoms with Crippen molar-refractivity contribution in [3.8, 4) is 33.8 Å². The summed E-state index contributed by atoms with van der Waals surface area (Å²) < 4.78 is 14.6. The predicted octanol–water partition coefficient (Wildman–Crippen LogP) is 13.4. The molecule has 2 nitrogen and oxygen atoms in total. The maximum absolute atomic E-state index is 7.47. The maximum atomic E-state index is 7.47. The van der Waals surface area contributed by atoms with Gasteiger partial charge in [-0.05, 0) is 96.8 Å². The standard InChI is InChI=1S/C54H36O2P2/c1-2-36-25-30-46-40(35-36)27-32-48(56-58-50-34-29-39-17-11-14-24-45(39)54(50)51-43-22-12-9-15-37(43)26-31-47(51)55-58)52(46)53-44-23-13-10-16-38(44)28-33-49(53)57(41-18-5-3-6-19-41)42-20-7-4-8-21-42/h2-35H,1H2. The van der Waals surface area contributed by atoms with Gasteiger partial charge in [0.2, 0.25) is 0 Å². The van der Waals surface area contributed by atoms with Crippen molar-refractivity contribution in [2.45, 2.75) is 0 Å². The van der Waals surface area contributed by atoms with E-state index in [0.717, 1.165) is 44.3 Å². The lowest BCUT2D eigenvalue weighted by Gasteiger charge is -2.30. The van der Waals surface area contributed by atoms with Crippen LogP contribution >= 0.6 is 16.3 Å². The first kappa shape index (κ1) is 34.7. The molecule has 1 aliphatic rings. The Kier molecular flexibility index (Phi) is 8.62. The largest absolute Gasteiger partial charge is 0.435 e. The molecule has 1 atom stereocenters. The second kappa shape index (κ2) is 14.4. The van der Waals surface area contributed by atoms with Crippen molar-refractivity contribution in [2.75, 3.05) is 0 Å². The first-order valence-electron chi connectivity index (χ1n) is 19.5. The van der Waals surface area contributed by atoms with Gasteiger partial charge >= 0.3 is 8.38 Å². The van der Waals surface area contributed by atoms with Crippen molar-refractivity contribution in [1.29, 1.82) is 0 Å². The van der Waals surface area contributed by atoms with Crippen LogP contribution in [0, 0.1) is 0 Å². The van der Waals surface area contributed by atoms with Gasteiger partial charge in [-0.25, -0.2) is 0 Å². The molecule has 274 valence electrons. The van der Waals surface area contributed by atoms with E-state index in [1.54, 1.807) is 0 Å². The first-order chi connectivity index (χ1) is 28.7. The van der Waals surface area contributed by atoms with Crippen molar-refractivity contribution in [3.05, 3.63) is 212 Å². The Bertz CT molecular complexity index is 3170.